The molecule has 0 fully saturated rings. The van der Waals surface area contributed by atoms with Gasteiger partial charge in [-0.3, -0.25) is 4.99 Å². The first kappa shape index (κ1) is 22.0. The van der Waals surface area contributed by atoms with E-state index in [4.69, 9.17) is 4.74 Å². The number of aliphatic imine (C=N–C) groups is 1. The SMILES string of the molecule is CN=C(NCc1cn2cc(Br)ccc2n1)NC1CCc2nc(COC)nn2C1.I. The average Bonchev–Trinajstić information content (AvgIpc) is 3.27. The summed E-state index contributed by atoms with van der Waals surface area (Å²) in [6, 6.07) is 4.21. The summed E-state index contributed by atoms with van der Waals surface area (Å²) >= 11 is 3.48. The summed E-state index contributed by atoms with van der Waals surface area (Å²) in [4.78, 5) is 13.5. The molecule has 1 aliphatic heterocycles. The third-order valence-corrected chi connectivity index (χ3v) is 5.11. The molecule has 9 nitrogen and oxygen atoms in total. The molecule has 3 aromatic rings. The lowest BCUT2D eigenvalue weighted by Gasteiger charge is -2.25. The van der Waals surface area contributed by atoms with Gasteiger partial charge < -0.3 is 19.8 Å². The maximum atomic E-state index is 5.12. The quantitative estimate of drug-likeness (QED) is 0.275. The van der Waals surface area contributed by atoms with Gasteiger partial charge in [-0.05, 0) is 34.5 Å². The molecule has 0 spiro atoms. The summed E-state index contributed by atoms with van der Waals surface area (Å²) in [5.74, 6) is 2.51. The predicted molar refractivity (Wildman–Crippen MR) is 124 cm³/mol. The highest BCUT2D eigenvalue weighted by molar-refractivity contribution is 14.0. The molecule has 0 aromatic carbocycles. The number of nitrogens with one attached hydrogen (secondary N) is 2. The van der Waals surface area contributed by atoms with Crippen molar-refractivity contribution in [1.82, 2.24) is 34.8 Å². The lowest BCUT2D eigenvalue weighted by atomic mass is 10.1. The number of hydrogen-bond donors (Lipinski definition) is 2. The van der Waals surface area contributed by atoms with E-state index < -0.39 is 0 Å². The molecule has 0 aliphatic carbocycles. The Bertz CT molecular complexity index is 1000. The molecular weight excluding hydrogens is 551 g/mol. The predicted octanol–water partition coefficient (Wildman–Crippen LogP) is 2.13. The second kappa shape index (κ2) is 9.85. The number of pyridine rings is 1. The number of guanidine groups is 1. The summed E-state index contributed by atoms with van der Waals surface area (Å²) < 4.78 is 10.1. The number of halogens is 2. The van der Waals surface area contributed by atoms with Gasteiger partial charge in [0, 0.05) is 43.5 Å². The Kier molecular flexibility index (Phi) is 7.46. The van der Waals surface area contributed by atoms with Crippen LogP contribution in [0.15, 0.2) is 34.0 Å². The molecular formula is C18H24BrIN8O. The van der Waals surface area contributed by atoms with Crippen LogP contribution in [0, 0.1) is 0 Å². The van der Waals surface area contributed by atoms with Crippen molar-refractivity contribution in [2.75, 3.05) is 14.2 Å². The van der Waals surface area contributed by atoms with Gasteiger partial charge in [-0.2, -0.15) is 5.10 Å². The van der Waals surface area contributed by atoms with Crippen LogP contribution in [-0.4, -0.2) is 50.3 Å². The van der Waals surface area contributed by atoms with E-state index >= 15 is 0 Å². The lowest BCUT2D eigenvalue weighted by Crippen LogP contribution is -2.46. The second-order valence-corrected chi connectivity index (χ2v) is 7.63. The highest BCUT2D eigenvalue weighted by atomic mass is 127. The van der Waals surface area contributed by atoms with Crippen molar-refractivity contribution in [3.8, 4) is 0 Å². The number of aromatic nitrogens is 5. The minimum atomic E-state index is 0. The van der Waals surface area contributed by atoms with E-state index in [9.17, 15) is 0 Å². The zero-order chi connectivity index (χ0) is 19.5. The Morgan fingerprint density at radius 3 is 3.00 bits per heavy atom. The highest BCUT2D eigenvalue weighted by Gasteiger charge is 2.22. The Morgan fingerprint density at radius 2 is 2.21 bits per heavy atom. The highest BCUT2D eigenvalue weighted by Crippen LogP contribution is 2.14. The number of methoxy groups -OCH3 is 1. The third kappa shape index (κ3) is 5.25. The molecule has 29 heavy (non-hydrogen) atoms. The minimum Gasteiger partial charge on any atom is -0.377 e. The first-order valence-corrected chi connectivity index (χ1v) is 9.96. The zero-order valence-corrected chi connectivity index (χ0v) is 20.2. The van der Waals surface area contributed by atoms with Gasteiger partial charge >= 0.3 is 0 Å². The van der Waals surface area contributed by atoms with Crippen LogP contribution < -0.4 is 10.6 Å². The second-order valence-electron chi connectivity index (χ2n) is 6.71. The number of imidazole rings is 1. The summed E-state index contributed by atoms with van der Waals surface area (Å²) in [5.41, 5.74) is 1.87. The molecule has 11 heteroatoms. The largest absolute Gasteiger partial charge is 0.377 e. The maximum Gasteiger partial charge on any atom is 0.191 e. The number of nitrogens with zero attached hydrogens (tertiary/aromatic N) is 6. The van der Waals surface area contributed by atoms with Gasteiger partial charge in [0.15, 0.2) is 11.8 Å². The number of hydrogen-bond acceptors (Lipinski definition) is 5. The van der Waals surface area contributed by atoms with Crippen LogP contribution >= 0.6 is 39.9 Å². The molecule has 4 rings (SSSR count). The smallest absolute Gasteiger partial charge is 0.191 e. The summed E-state index contributed by atoms with van der Waals surface area (Å²) in [6.07, 6.45) is 5.87. The van der Waals surface area contributed by atoms with Crippen molar-refractivity contribution in [3.63, 3.8) is 0 Å². The van der Waals surface area contributed by atoms with Gasteiger partial charge in [0.1, 0.15) is 18.1 Å². The van der Waals surface area contributed by atoms with Crippen molar-refractivity contribution in [3.05, 3.63) is 46.3 Å². The molecule has 0 bridgehead atoms. The summed E-state index contributed by atoms with van der Waals surface area (Å²) in [7, 11) is 3.43. The van der Waals surface area contributed by atoms with E-state index in [0.717, 1.165) is 52.8 Å². The van der Waals surface area contributed by atoms with Crippen LogP contribution in [0.1, 0.15) is 23.8 Å². The fourth-order valence-corrected chi connectivity index (χ4v) is 3.69. The average molecular weight is 575 g/mol. The number of aryl methyl sites for hydroxylation is 1. The van der Waals surface area contributed by atoms with Crippen LogP contribution in [0.4, 0.5) is 0 Å². The topological polar surface area (TPSA) is 93.7 Å². The standard InChI is InChI=1S/C18H23BrN8O.HI/c1-20-18(21-7-14-9-26-8-12(19)3-5-16(26)22-14)23-13-4-6-17-24-15(11-28-2)25-27(17)10-13;/h3,5,8-9,13H,4,6-7,10-11H2,1-2H3,(H2,20,21,23);1H. The first-order valence-electron chi connectivity index (χ1n) is 9.16. The maximum absolute atomic E-state index is 5.12. The van der Waals surface area contributed by atoms with Gasteiger partial charge in [0.2, 0.25) is 0 Å². The van der Waals surface area contributed by atoms with Crippen LogP contribution in [-0.2, 0) is 30.9 Å². The number of fused-ring (bicyclic) bond motifs is 2. The van der Waals surface area contributed by atoms with Gasteiger partial charge in [0.25, 0.3) is 0 Å². The number of rotatable bonds is 5. The molecule has 156 valence electrons. The summed E-state index contributed by atoms with van der Waals surface area (Å²) in [5, 5.41) is 11.3. The Hall–Kier alpha value is -1.73. The molecule has 0 saturated carbocycles. The van der Waals surface area contributed by atoms with Crippen molar-refractivity contribution in [2.45, 2.75) is 38.6 Å². The molecule has 0 saturated heterocycles. The molecule has 0 amide bonds. The van der Waals surface area contributed by atoms with Gasteiger partial charge in [0.05, 0.1) is 18.8 Å². The van der Waals surface area contributed by atoms with Crippen LogP contribution in [0.3, 0.4) is 0 Å². The van der Waals surface area contributed by atoms with E-state index in [1.165, 1.54) is 0 Å². The Balaban J connectivity index is 0.00000240. The van der Waals surface area contributed by atoms with Crippen molar-refractivity contribution in [2.24, 2.45) is 4.99 Å². The van der Waals surface area contributed by atoms with E-state index in [-0.39, 0.29) is 30.0 Å². The van der Waals surface area contributed by atoms with E-state index in [2.05, 4.69) is 46.6 Å². The van der Waals surface area contributed by atoms with Crippen molar-refractivity contribution < 1.29 is 4.74 Å². The fraction of sp³-hybridized carbons (Fsp3) is 0.444. The fourth-order valence-electron chi connectivity index (χ4n) is 3.33. The Labute approximate surface area is 194 Å². The molecule has 2 N–H and O–H groups in total. The van der Waals surface area contributed by atoms with E-state index in [1.807, 2.05) is 33.6 Å². The first-order chi connectivity index (χ1) is 13.6. The van der Waals surface area contributed by atoms with Crippen LogP contribution in [0.2, 0.25) is 0 Å². The van der Waals surface area contributed by atoms with Gasteiger partial charge in [-0.1, -0.05) is 0 Å². The van der Waals surface area contributed by atoms with E-state index in [0.29, 0.717) is 13.2 Å². The molecule has 1 atom stereocenters. The Morgan fingerprint density at radius 1 is 1.34 bits per heavy atom. The van der Waals surface area contributed by atoms with Crippen molar-refractivity contribution >= 4 is 51.5 Å². The molecule has 1 unspecified atom stereocenters. The molecule has 1 aliphatic rings. The minimum absolute atomic E-state index is 0. The zero-order valence-electron chi connectivity index (χ0n) is 16.3. The molecule has 4 heterocycles. The molecule has 0 radical (unpaired) electrons. The van der Waals surface area contributed by atoms with Crippen molar-refractivity contribution in [1.29, 1.82) is 0 Å². The number of ether oxygens (including phenoxy) is 1. The monoisotopic (exact) mass is 574 g/mol. The van der Waals surface area contributed by atoms with Gasteiger partial charge in [-0.25, -0.2) is 14.6 Å². The van der Waals surface area contributed by atoms with Crippen LogP contribution in [0.5, 0.6) is 0 Å². The van der Waals surface area contributed by atoms with Gasteiger partial charge in [-0.15, -0.1) is 24.0 Å². The lowest BCUT2D eigenvalue weighted by molar-refractivity contribution is 0.177. The third-order valence-electron chi connectivity index (χ3n) is 4.64. The normalized spacial score (nSPS) is 16.4. The van der Waals surface area contributed by atoms with Crippen LogP contribution in [0.25, 0.3) is 5.65 Å². The summed E-state index contributed by atoms with van der Waals surface area (Å²) in [6.45, 7) is 1.80. The molecule has 3 aromatic heterocycles. The van der Waals surface area contributed by atoms with E-state index in [1.54, 1.807) is 14.2 Å².